The van der Waals surface area contributed by atoms with E-state index in [2.05, 4.69) is 0 Å². The molecule has 0 N–H and O–H groups in total. The van der Waals surface area contributed by atoms with E-state index in [1.54, 1.807) is 6.66 Å². The fourth-order valence-electron chi connectivity index (χ4n) is 0. The van der Waals surface area contributed by atoms with Crippen LogP contribution in [0.4, 0.5) is 0 Å². The smallest absolute Gasteiger partial charge is 0.305 e. The van der Waals surface area contributed by atoms with Gasteiger partial charge in [-0.25, -0.2) is 0 Å². The molecule has 0 aliphatic rings. The van der Waals surface area contributed by atoms with Crippen LogP contribution < -0.4 is 12.4 Å². The first-order valence-corrected chi connectivity index (χ1v) is 5.91. The van der Waals surface area contributed by atoms with Crippen molar-refractivity contribution in [2.24, 2.45) is 0 Å². The Labute approximate surface area is 58.3 Å². The molecule has 0 unspecified atom stereocenters. The summed E-state index contributed by atoms with van der Waals surface area (Å²) in [6.07, 6.45) is 0. The second kappa shape index (κ2) is 3.57. The summed E-state index contributed by atoms with van der Waals surface area (Å²) in [6.45, 7) is 1.59. The molecular weight excluding hydrogens is 185 g/mol. The summed E-state index contributed by atoms with van der Waals surface area (Å²) in [4.78, 5) is 0. The molecule has 0 spiro atoms. The van der Waals surface area contributed by atoms with Crippen LogP contribution in [0.1, 0.15) is 0 Å². The lowest BCUT2D eigenvalue weighted by Gasteiger charge is -1.79. The first-order valence-electron chi connectivity index (χ1n) is 0.954. The quantitative estimate of drug-likeness (QED) is 0.472. The van der Waals surface area contributed by atoms with Gasteiger partial charge in [-0.15, -0.1) is 0 Å². The Balaban J connectivity index is 0. The summed E-state index contributed by atoms with van der Waals surface area (Å²) in [7, 11) is 0. The van der Waals surface area contributed by atoms with E-state index in [1.807, 2.05) is 0 Å². The summed E-state index contributed by atoms with van der Waals surface area (Å²) >= 11 is 15.5. The molecule has 5 heteroatoms. The van der Waals surface area contributed by atoms with Crippen molar-refractivity contribution in [1.82, 2.24) is 0 Å². The SMILES string of the molecule is C[P+](Cl)(Cl)Cl.[Cl-]. The van der Waals surface area contributed by atoms with Crippen LogP contribution in [0.2, 0.25) is 0 Å². The number of hydrogen-bond acceptors (Lipinski definition) is 0. The van der Waals surface area contributed by atoms with Gasteiger partial charge in [-0.3, -0.25) is 0 Å². The van der Waals surface area contributed by atoms with Crippen LogP contribution in [0.15, 0.2) is 0 Å². The molecule has 40 valence electrons. The average Bonchev–Trinajstić information content (AvgIpc) is 0.722. The standard InChI is InChI=1S/CH3Cl3P.ClH/c1-5(2,3)4;/h1H3;1H/q+1;/p-1. The van der Waals surface area contributed by atoms with Crippen LogP contribution in [0.5, 0.6) is 0 Å². The van der Waals surface area contributed by atoms with Crippen molar-refractivity contribution < 1.29 is 12.4 Å². The monoisotopic (exact) mass is 186 g/mol. The third kappa shape index (κ3) is 46.6. The lowest BCUT2D eigenvalue weighted by molar-refractivity contribution is -0.000000878. The Bertz CT molecular complexity index is 23.0. The Morgan fingerprint density at radius 3 is 1.17 bits per heavy atom. The minimum absolute atomic E-state index is 0. The van der Waals surface area contributed by atoms with Gasteiger partial charge in [-0.05, 0) is 0 Å². The maximum absolute atomic E-state index is 5.17. The van der Waals surface area contributed by atoms with Crippen molar-refractivity contribution in [3.8, 4) is 0 Å². The van der Waals surface area contributed by atoms with Crippen LogP contribution in [0.3, 0.4) is 0 Å². The van der Waals surface area contributed by atoms with Gasteiger partial charge in [0.05, 0.1) is 6.66 Å². The summed E-state index contributed by atoms with van der Waals surface area (Å²) in [5.74, 6) is 0. The molecule has 0 radical (unpaired) electrons. The third-order valence-corrected chi connectivity index (χ3v) is 0. The number of hydrogen-bond donors (Lipinski definition) is 0. The van der Waals surface area contributed by atoms with Crippen molar-refractivity contribution in [2.45, 2.75) is 0 Å². The lowest BCUT2D eigenvalue weighted by Crippen LogP contribution is -3.00. The molecule has 0 saturated heterocycles. The molecule has 0 aliphatic carbocycles. The Kier molecular flexibility index (Phi) is 6.28. The van der Waals surface area contributed by atoms with Gasteiger partial charge in [0.15, 0.2) is 0 Å². The predicted octanol–water partition coefficient (Wildman–Crippen LogP) is 0.0992. The minimum Gasteiger partial charge on any atom is -1.00 e. The Hall–Kier alpha value is 1.59. The topological polar surface area (TPSA) is 0 Å². The van der Waals surface area contributed by atoms with Gasteiger partial charge in [0.2, 0.25) is 0 Å². The maximum atomic E-state index is 5.17. The molecule has 0 nitrogen and oxygen atoms in total. The van der Waals surface area contributed by atoms with E-state index in [9.17, 15) is 0 Å². The van der Waals surface area contributed by atoms with E-state index in [-0.39, 0.29) is 12.4 Å². The van der Waals surface area contributed by atoms with Gasteiger partial charge in [-0.2, -0.15) is 0 Å². The molecule has 0 fully saturated rings. The van der Waals surface area contributed by atoms with Crippen molar-refractivity contribution in [3.05, 3.63) is 0 Å². The second-order valence-corrected chi connectivity index (χ2v) is 9.74. The fraction of sp³-hybridized carbons (Fsp3) is 1.00. The summed E-state index contributed by atoms with van der Waals surface area (Å²) < 4.78 is 0. The van der Waals surface area contributed by atoms with E-state index in [4.69, 9.17) is 33.7 Å². The van der Waals surface area contributed by atoms with Crippen molar-refractivity contribution in [2.75, 3.05) is 6.66 Å². The van der Waals surface area contributed by atoms with Gasteiger partial charge >= 0.3 is 5.32 Å². The summed E-state index contributed by atoms with van der Waals surface area (Å²) in [6, 6.07) is 0. The largest absolute Gasteiger partial charge is 1.00 e. The van der Waals surface area contributed by atoms with E-state index in [1.165, 1.54) is 0 Å². The van der Waals surface area contributed by atoms with Crippen LogP contribution in [-0.4, -0.2) is 6.66 Å². The van der Waals surface area contributed by atoms with E-state index < -0.39 is 5.32 Å². The molecular formula is CH3Cl4P. The zero-order valence-electron chi connectivity index (χ0n) is 2.96. The van der Waals surface area contributed by atoms with Crippen molar-refractivity contribution in [3.63, 3.8) is 0 Å². The lowest BCUT2D eigenvalue weighted by atomic mass is 12.0. The molecule has 0 rings (SSSR count). The van der Waals surface area contributed by atoms with Crippen molar-refractivity contribution >= 4 is 39.0 Å². The van der Waals surface area contributed by atoms with Crippen LogP contribution >= 0.6 is 39.0 Å². The highest BCUT2D eigenvalue weighted by atomic mass is 36.1. The van der Waals surface area contributed by atoms with Gasteiger partial charge in [0, 0.05) is 0 Å². The zero-order valence-corrected chi connectivity index (χ0v) is 6.88. The Morgan fingerprint density at radius 2 is 1.17 bits per heavy atom. The molecule has 0 saturated carbocycles. The predicted molar refractivity (Wildman–Crippen MR) is 30.4 cm³/mol. The number of halogens is 4. The molecule has 0 aromatic rings. The highest BCUT2D eigenvalue weighted by Gasteiger charge is 2.22. The van der Waals surface area contributed by atoms with Gasteiger partial charge in [0.1, 0.15) is 33.7 Å². The molecule has 0 atom stereocenters. The van der Waals surface area contributed by atoms with Gasteiger partial charge in [-0.1, -0.05) is 0 Å². The maximum Gasteiger partial charge on any atom is 0.305 e. The second-order valence-electron chi connectivity index (χ2n) is 0.699. The van der Waals surface area contributed by atoms with Crippen LogP contribution in [-0.2, 0) is 0 Å². The van der Waals surface area contributed by atoms with Crippen LogP contribution in [0.25, 0.3) is 0 Å². The fourth-order valence-corrected chi connectivity index (χ4v) is 0. The zero-order chi connectivity index (χ0) is 4.50. The van der Waals surface area contributed by atoms with Gasteiger partial charge < -0.3 is 12.4 Å². The van der Waals surface area contributed by atoms with Crippen molar-refractivity contribution in [1.29, 1.82) is 0 Å². The van der Waals surface area contributed by atoms with E-state index >= 15 is 0 Å². The highest BCUT2D eigenvalue weighted by molar-refractivity contribution is 8.32. The molecule has 0 aromatic heterocycles. The molecule has 0 heterocycles. The average molecular weight is 188 g/mol. The normalized spacial score (nSPS) is 10.0. The molecule has 0 aliphatic heterocycles. The van der Waals surface area contributed by atoms with E-state index in [0.29, 0.717) is 0 Å². The van der Waals surface area contributed by atoms with E-state index in [0.717, 1.165) is 0 Å². The molecule has 0 bridgehead atoms. The first kappa shape index (κ1) is 10.5. The number of rotatable bonds is 0. The van der Waals surface area contributed by atoms with Crippen LogP contribution in [0, 0.1) is 0 Å². The van der Waals surface area contributed by atoms with Gasteiger partial charge in [0.25, 0.3) is 0 Å². The minimum atomic E-state index is -1.97. The first-order chi connectivity index (χ1) is 2.00. The summed E-state index contributed by atoms with van der Waals surface area (Å²) in [5.41, 5.74) is 0. The third-order valence-electron chi connectivity index (χ3n) is 0. The summed E-state index contributed by atoms with van der Waals surface area (Å²) in [5, 5.41) is -1.97. The highest BCUT2D eigenvalue weighted by Crippen LogP contribution is 2.70. The molecule has 0 amide bonds. The molecule has 6 heavy (non-hydrogen) atoms. The Morgan fingerprint density at radius 1 is 1.17 bits per heavy atom. The molecule has 0 aromatic carbocycles.